The molecule has 2 amide bonds. The number of para-hydroxylation sites is 2. The van der Waals surface area contributed by atoms with Crippen LogP contribution in [0, 0.1) is 5.92 Å². The number of hydrogen-bond donors (Lipinski definition) is 2. The van der Waals surface area contributed by atoms with Crippen LogP contribution in [0.1, 0.15) is 40.0 Å². The van der Waals surface area contributed by atoms with Crippen molar-refractivity contribution in [1.29, 1.82) is 0 Å². The van der Waals surface area contributed by atoms with Crippen molar-refractivity contribution < 1.29 is 19.1 Å². The maximum Gasteiger partial charge on any atom is 0.407 e. The summed E-state index contributed by atoms with van der Waals surface area (Å²) >= 11 is 0. The molecule has 0 aliphatic carbocycles. The number of rotatable bonds is 7. The van der Waals surface area contributed by atoms with Gasteiger partial charge in [0.1, 0.15) is 11.4 Å². The molecule has 1 aromatic rings. The number of anilines is 1. The molecule has 0 radical (unpaired) electrons. The van der Waals surface area contributed by atoms with Crippen molar-refractivity contribution in [2.24, 2.45) is 5.92 Å². The lowest BCUT2D eigenvalue weighted by Gasteiger charge is -2.32. The number of ether oxygens (including phenoxy) is 2. The van der Waals surface area contributed by atoms with Crippen LogP contribution < -0.4 is 15.4 Å². The lowest BCUT2D eigenvalue weighted by atomic mass is 9.97. The normalized spacial score (nSPS) is 15.7. The van der Waals surface area contributed by atoms with Gasteiger partial charge < -0.3 is 25.0 Å². The Morgan fingerprint density at radius 3 is 2.50 bits per heavy atom. The first-order valence-corrected chi connectivity index (χ1v) is 9.89. The highest BCUT2D eigenvalue weighted by Crippen LogP contribution is 2.23. The van der Waals surface area contributed by atoms with Crippen molar-refractivity contribution in [2.75, 3.05) is 38.6 Å². The van der Waals surface area contributed by atoms with E-state index in [2.05, 4.69) is 15.5 Å². The maximum absolute atomic E-state index is 12.2. The van der Waals surface area contributed by atoms with Crippen molar-refractivity contribution in [3.8, 4) is 5.75 Å². The van der Waals surface area contributed by atoms with Crippen molar-refractivity contribution in [1.82, 2.24) is 10.2 Å². The van der Waals surface area contributed by atoms with Crippen LogP contribution in [0.2, 0.25) is 0 Å². The van der Waals surface area contributed by atoms with Gasteiger partial charge in [-0.05, 0) is 64.8 Å². The molecule has 1 aliphatic heterocycles. The molecular formula is C21H33N3O4. The molecule has 2 N–H and O–H groups in total. The number of piperidine rings is 1. The number of nitrogens with one attached hydrogen (secondary N) is 2. The summed E-state index contributed by atoms with van der Waals surface area (Å²) in [4.78, 5) is 26.3. The van der Waals surface area contributed by atoms with Gasteiger partial charge in [-0.3, -0.25) is 4.79 Å². The van der Waals surface area contributed by atoms with Crippen molar-refractivity contribution in [3.63, 3.8) is 0 Å². The van der Waals surface area contributed by atoms with Gasteiger partial charge in [-0.2, -0.15) is 0 Å². The molecule has 28 heavy (non-hydrogen) atoms. The largest absolute Gasteiger partial charge is 0.495 e. The average Bonchev–Trinajstić information content (AvgIpc) is 2.64. The van der Waals surface area contributed by atoms with Crippen LogP contribution in [-0.4, -0.2) is 55.8 Å². The van der Waals surface area contributed by atoms with E-state index in [1.54, 1.807) is 7.11 Å². The number of amides is 2. The fourth-order valence-electron chi connectivity index (χ4n) is 3.18. The number of carbonyl (C=O) groups is 2. The Morgan fingerprint density at radius 1 is 1.18 bits per heavy atom. The fraction of sp³-hybridized carbons (Fsp3) is 0.619. The molecule has 0 bridgehead atoms. The molecule has 0 unspecified atom stereocenters. The second kappa shape index (κ2) is 10.3. The maximum atomic E-state index is 12.2. The Bertz CT molecular complexity index is 649. The number of carbonyl (C=O) groups excluding carboxylic acids is 2. The molecule has 156 valence electrons. The van der Waals surface area contributed by atoms with E-state index >= 15 is 0 Å². The van der Waals surface area contributed by atoms with E-state index < -0.39 is 5.60 Å². The second-order valence-electron chi connectivity index (χ2n) is 8.17. The summed E-state index contributed by atoms with van der Waals surface area (Å²) in [7, 11) is 1.59. The van der Waals surface area contributed by atoms with Crippen LogP contribution >= 0.6 is 0 Å². The van der Waals surface area contributed by atoms with Gasteiger partial charge in [0.2, 0.25) is 5.91 Å². The number of benzene rings is 1. The second-order valence-corrected chi connectivity index (χ2v) is 8.17. The molecule has 1 fully saturated rings. The third-order valence-electron chi connectivity index (χ3n) is 4.68. The SMILES string of the molecule is COc1ccccc1NC(=O)CCN1CCC(CNC(=O)OC(C)(C)C)CC1. The fourth-order valence-corrected chi connectivity index (χ4v) is 3.18. The van der Waals surface area contributed by atoms with E-state index in [-0.39, 0.29) is 12.0 Å². The van der Waals surface area contributed by atoms with Gasteiger partial charge in [-0.15, -0.1) is 0 Å². The monoisotopic (exact) mass is 391 g/mol. The van der Waals surface area contributed by atoms with Gasteiger partial charge in [0.15, 0.2) is 0 Å². The van der Waals surface area contributed by atoms with E-state index in [4.69, 9.17) is 9.47 Å². The molecule has 1 saturated heterocycles. The lowest BCUT2D eigenvalue weighted by Crippen LogP contribution is -2.40. The summed E-state index contributed by atoms with van der Waals surface area (Å²) in [5.41, 5.74) is 0.222. The Balaban J connectivity index is 1.64. The van der Waals surface area contributed by atoms with Crippen LogP contribution in [-0.2, 0) is 9.53 Å². The lowest BCUT2D eigenvalue weighted by molar-refractivity contribution is -0.116. The van der Waals surface area contributed by atoms with E-state index in [0.717, 1.165) is 32.5 Å². The molecule has 7 heteroatoms. The van der Waals surface area contributed by atoms with Gasteiger partial charge in [0.05, 0.1) is 12.8 Å². The first kappa shape index (κ1) is 22.0. The number of nitrogens with zero attached hydrogens (tertiary/aromatic N) is 1. The molecule has 1 aliphatic rings. The van der Waals surface area contributed by atoms with Crippen molar-refractivity contribution in [2.45, 2.75) is 45.6 Å². The third-order valence-corrected chi connectivity index (χ3v) is 4.68. The highest BCUT2D eigenvalue weighted by molar-refractivity contribution is 5.92. The molecule has 1 heterocycles. The summed E-state index contributed by atoms with van der Waals surface area (Å²) in [6, 6.07) is 7.40. The molecule has 0 atom stereocenters. The minimum absolute atomic E-state index is 0.0155. The van der Waals surface area contributed by atoms with Gasteiger partial charge in [-0.1, -0.05) is 12.1 Å². The minimum Gasteiger partial charge on any atom is -0.495 e. The molecule has 7 nitrogen and oxygen atoms in total. The summed E-state index contributed by atoms with van der Waals surface area (Å²) in [6.07, 6.45) is 2.09. The zero-order chi connectivity index (χ0) is 20.6. The molecular weight excluding hydrogens is 358 g/mol. The number of likely N-dealkylation sites (tertiary alicyclic amines) is 1. The molecule has 1 aromatic carbocycles. The van der Waals surface area contributed by atoms with E-state index in [9.17, 15) is 9.59 Å². The summed E-state index contributed by atoms with van der Waals surface area (Å²) in [6.45, 7) is 8.80. The summed E-state index contributed by atoms with van der Waals surface area (Å²) in [5.74, 6) is 1.10. The van der Waals surface area contributed by atoms with Gasteiger partial charge in [-0.25, -0.2) is 4.79 Å². The molecule has 0 aromatic heterocycles. The first-order chi connectivity index (χ1) is 13.3. The third kappa shape index (κ3) is 7.76. The Hall–Kier alpha value is -2.28. The van der Waals surface area contributed by atoms with Crippen LogP contribution in [0.3, 0.4) is 0 Å². The van der Waals surface area contributed by atoms with Crippen LogP contribution in [0.25, 0.3) is 0 Å². The first-order valence-electron chi connectivity index (χ1n) is 9.89. The Morgan fingerprint density at radius 2 is 1.86 bits per heavy atom. The number of alkyl carbamates (subject to hydrolysis) is 1. The zero-order valence-corrected chi connectivity index (χ0v) is 17.4. The van der Waals surface area contributed by atoms with Crippen LogP contribution in [0.5, 0.6) is 5.75 Å². The number of methoxy groups -OCH3 is 1. The van der Waals surface area contributed by atoms with Gasteiger partial charge in [0, 0.05) is 19.5 Å². The van der Waals surface area contributed by atoms with Crippen LogP contribution in [0.4, 0.5) is 10.5 Å². The smallest absolute Gasteiger partial charge is 0.407 e. The van der Waals surface area contributed by atoms with Gasteiger partial charge in [0.25, 0.3) is 0 Å². The quantitative estimate of drug-likeness (QED) is 0.746. The van der Waals surface area contributed by atoms with Crippen LogP contribution in [0.15, 0.2) is 24.3 Å². The van der Waals surface area contributed by atoms with Crippen molar-refractivity contribution in [3.05, 3.63) is 24.3 Å². The van der Waals surface area contributed by atoms with Gasteiger partial charge >= 0.3 is 6.09 Å². The molecule has 0 spiro atoms. The predicted octanol–water partition coefficient (Wildman–Crippen LogP) is 3.26. The highest BCUT2D eigenvalue weighted by atomic mass is 16.6. The summed E-state index contributed by atoms with van der Waals surface area (Å²) < 4.78 is 10.5. The minimum atomic E-state index is -0.474. The Kier molecular flexibility index (Phi) is 8.11. The summed E-state index contributed by atoms with van der Waals surface area (Å²) in [5, 5.41) is 5.77. The standard InChI is InChI=1S/C21H33N3O4/c1-21(2,3)28-20(26)22-15-16-9-12-24(13-10-16)14-11-19(25)23-17-7-5-6-8-18(17)27-4/h5-8,16H,9-15H2,1-4H3,(H,22,26)(H,23,25). The van der Waals surface area contributed by atoms with Crippen molar-refractivity contribution >= 4 is 17.7 Å². The highest BCUT2D eigenvalue weighted by Gasteiger charge is 2.22. The van der Waals surface area contributed by atoms with E-state index in [1.807, 2.05) is 45.0 Å². The zero-order valence-electron chi connectivity index (χ0n) is 17.4. The van der Waals surface area contributed by atoms with E-state index in [1.165, 1.54) is 0 Å². The molecule has 0 saturated carbocycles. The Labute approximate surface area is 167 Å². The predicted molar refractivity (Wildman–Crippen MR) is 110 cm³/mol. The topological polar surface area (TPSA) is 79.9 Å². The average molecular weight is 392 g/mol. The molecule has 2 rings (SSSR count). The number of hydrogen-bond acceptors (Lipinski definition) is 5. The van der Waals surface area contributed by atoms with E-state index in [0.29, 0.717) is 30.3 Å².